The maximum Gasteiger partial charge on any atom is 0.305 e. The summed E-state index contributed by atoms with van der Waals surface area (Å²) in [6, 6.07) is 10.6. The molecule has 0 aliphatic rings. The first kappa shape index (κ1) is 23.7. The summed E-state index contributed by atoms with van der Waals surface area (Å²) in [6.45, 7) is 3.10. The highest BCUT2D eigenvalue weighted by Crippen LogP contribution is 2.28. The third kappa shape index (κ3) is 5.18. The lowest BCUT2D eigenvalue weighted by atomic mass is 10.1. The van der Waals surface area contributed by atoms with Gasteiger partial charge in [0, 0.05) is 47.6 Å². The molecule has 0 aliphatic heterocycles. The predicted molar refractivity (Wildman–Crippen MR) is 126 cm³/mol. The number of hydrogen-bond acceptors (Lipinski definition) is 4. The molecule has 0 radical (unpaired) electrons. The fourth-order valence-corrected chi connectivity index (χ4v) is 5.07. The van der Waals surface area contributed by atoms with E-state index in [0.717, 1.165) is 39.9 Å². The summed E-state index contributed by atoms with van der Waals surface area (Å²) in [5.74, 6) is -1.35. The standard InChI is InChI=1S/C24H25FN4O4S/c1-17-22(15-28-13-11-26-16-28)21-14-18(2-7-23(21)29(17)12-9-24(30)31)8-10-27-34(32,33)20-5-3-19(25)4-6-20/h2-7,11,13-14,16,27H,8-10,12,15H2,1H3,(H,30,31). The van der Waals surface area contributed by atoms with Crippen molar-refractivity contribution in [1.29, 1.82) is 0 Å². The number of aromatic nitrogens is 3. The summed E-state index contributed by atoms with van der Waals surface area (Å²) < 4.78 is 44.5. The van der Waals surface area contributed by atoms with E-state index in [2.05, 4.69) is 9.71 Å². The molecule has 8 nitrogen and oxygen atoms in total. The average molecular weight is 485 g/mol. The van der Waals surface area contributed by atoms with Crippen LogP contribution in [-0.2, 0) is 34.3 Å². The summed E-state index contributed by atoms with van der Waals surface area (Å²) in [5.41, 5.74) is 3.92. The number of carbonyl (C=O) groups is 1. The Morgan fingerprint density at radius 3 is 2.62 bits per heavy atom. The average Bonchev–Trinajstić information content (AvgIpc) is 3.39. The van der Waals surface area contributed by atoms with Gasteiger partial charge in [-0.1, -0.05) is 6.07 Å². The van der Waals surface area contributed by atoms with E-state index in [1.807, 2.05) is 40.5 Å². The van der Waals surface area contributed by atoms with Gasteiger partial charge in [0.05, 0.1) is 24.2 Å². The number of rotatable bonds is 10. The van der Waals surface area contributed by atoms with Crippen molar-refractivity contribution in [1.82, 2.24) is 18.8 Å². The Morgan fingerprint density at radius 2 is 1.94 bits per heavy atom. The highest BCUT2D eigenvalue weighted by Gasteiger charge is 2.17. The van der Waals surface area contributed by atoms with Gasteiger partial charge in [0.1, 0.15) is 5.82 Å². The number of benzene rings is 2. The van der Waals surface area contributed by atoms with Crippen LogP contribution in [0.4, 0.5) is 4.39 Å². The van der Waals surface area contributed by atoms with E-state index in [-0.39, 0.29) is 17.9 Å². The van der Waals surface area contributed by atoms with Gasteiger partial charge in [-0.25, -0.2) is 22.5 Å². The second kappa shape index (κ2) is 9.78. The van der Waals surface area contributed by atoms with E-state index in [0.29, 0.717) is 19.5 Å². The number of carboxylic acids is 1. The molecular formula is C24H25FN4O4S. The van der Waals surface area contributed by atoms with E-state index in [1.54, 1.807) is 12.5 Å². The fraction of sp³-hybridized carbons (Fsp3) is 0.250. The van der Waals surface area contributed by atoms with E-state index < -0.39 is 21.8 Å². The lowest BCUT2D eigenvalue weighted by molar-refractivity contribution is -0.137. The van der Waals surface area contributed by atoms with Crippen molar-refractivity contribution in [2.24, 2.45) is 0 Å². The minimum atomic E-state index is -3.74. The molecule has 178 valence electrons. The molecule has 0 saturated carbocycles. The van der Waals surface area contributed by atoms with E-state index in [4.69, 9.17) is 5.11 Å². The van der Waals surface area contributed by atoms with Crippen LogP contribution in [0.3, 0.4) is 0 Å². The Kier molecular flexibility index (Phi) is 6.80. The third-order valence-corrected chi connectivity index (χ3v) is 7.27. The van der Waals surface area contributed by atoms with Gasteiger partial charge in [-0.2, -0.15) is 0 Å². The molecule has 0 saturated heterocycles. The quantitative estimate of drug-likeness (QED) is 0.359. The Bertz CT molecular complexity index is 1410. The van der Waals surface area contributed by atoms with Crippen molar-refractivity contribution < 1.29 is 22.7 Å². The number of imidazole rings is 1. The molecule has 34 heavy (non-hydrogen) atoms. The molecule has 4 aromatic rings. The Labute approximate surface area is 196 Å². The number of aryl methyl sites for hydroxylation is 1. The predicted octanol–water partition coefficient (Wildman–Crippen LogP) is 3.33. The topological polar surface area (TPSA) is 106 Å². The summed E-state index contributed by atoms with van der Waals surface area (Å²) >= 11 is 0. The number of halogens is 1. The molecule has 0 unspecified atom stereocenters. The molecule has 0 bridgehead atoms. The van der Waals surface area contributed by atoms with Crippen LogP contribution >= 0.6 is 0 Å². The molecule has 2 aromatic carbocycles. The Hall–Kier alpha value is -3.50. The van der Waals surface area contributed by atoms with Crippen molar-refractivity contribution in [3.63, 3.8) is 0 Å². The summed E-state index contributed by atoms with van der Waals surface area (Å²) in [7, 11) is -3.74. The molecule has 2 aromatic heterocycles. The third-order valence-electron chi connectivity index (χ3n) is 5.80. The fourth-order valence-electron chi connectivity index (χ4n) is 4.04. The number of fused-ring (bicyclic) bond motifs is 1. The zero-order valence-electron chi connectivity index (χ0n) is 18.6. The number of sulfonamides is 1. The van der Waals surface area contributed by atoms with Crippen molar-refractivity contribution in [3.8, 4) is 0 Å². The van der Waals surface area contributed by atoms with Crippen LogP contribution in [0.25, 0.3) is 10.9 Å². The molecule has 2 heterocycles. The van der Waals surface area contributed by atoms with Gasteiger partial charge in [-0.15, -0.1) is 0 Å². The highest BCUT2D eigenvalue weighted by atomic mass is 32.2. The van der Waals surface area contributed by atoms with E-state index in [9.17, 15) is 17.6 Å². The Morgan fingerprint density at radius 1 is 1.18 bits per heavy atom. The van der Waals surface area contributed by atoms with Crippen LogP contribution in [0.2, 0.25) is 0 Å². The summed E-state index contributed by atoms with van der Waals surface area (Å²) in [6.07, 6.45) is 5.78. The SMILES string of the molecule is Cc1c(Cn2ccnc2)c2cc(CCNS(=O)(=O)c3ccc(F)cc3)ccc2n1CCC(=O)O. The number of nitrogens with zero attached hydrogens (tertiary/aromatic N) is 3. The van der Waals surface area contributed by atoms with Gasteiger partial charge in [0.25, 0.3) is 0 Å². The molecule has 0 amide bonds. The van der Waals surface area contributed by atoms with Crippen LogP contribution in [0.1, 0.15) is 23.2 Å². The summed E-state index contributed by atoms with van der Waals surface area (Å²) in [4.78, 5) is 15.3. The van der Waals surface area contributed by atoms with Crippen LogP contribution < -0.4 is 4.72 Å². The largest absolute Gasteiger partial charge is 0.481 e. The van der Waals surface area contributed by atoms with Gasteiger partial charge < -0.3 is 14.2 Å². The monoisotopic (exact) mass is 484 g/mol. The molecule has 0 aliphatic carbocycles. The molecule has 10 heteroatoms. The molecule has 2 N–H and O–H groups in total. The first-order valence-electron chi connectivity index (χ1n) is 10.8. The number of nitrogens with one attached hydrogen (secondary N) is 1. The molecule has 0 atom stereocenters. The van der Waals surface area contributed by atoms with Crippen molar-refractivity contribution in [3.05, 3.63) is 83.8 Å². The molecule has 4 rings (SSSR count). The zero-order chi connectivity index (χ0) is 24.3. The maximum absolute atomic E-state index is 13.1. The second-order valence-corrected chi connectivity index (χ2v) is 9.81. The minimum Gasteiger partial charge on any atom is -0.481 e. The van der Waals surface area contributed by atoms with Gasteiger partial charge in [0.2, 0.25) is 10.0 Å². The Balaban J connectivity index is 1.57. The second-order valence-electron chi connectivity index (χ2n) is 8.05. The van der Waals surface area contributed by atoms with E-state index >= 15 is 0 Å². The normalized spacial score (nSPS) is 11.8. The highest BCUT2D eigenvalue weighted by molar-refractivity contribution is 7.89. The van der Waals surface area contributed by atoms with Crippen molar-refractivity contribution >= 4 is 26.9 Å². The lowest BCUT2D eigenvalue weighted by Gasteiger charge is -2.08. The smallest absolute Gasteiger partial charge is 0.305 e. The molecular weight excluding hydrogens is 459 g/mol. The van der Waals surface area contributed by atoms with Crippen LogP contribution in [0.5, 0.6) is 0 Å². The van der Waals surface area contributed by atoms with Gasteiger partial charge in [0.15, 0.2) is 0 Å². The van der Waals surface area contributed by atoms with Crippen molar-refractivity contribution in [2.45, 2.75) is 37.8 Å². The first-order valence-corrected chi connectivity index (χ1v) is 12.3. The summed E-state index contributed by atoms with van der Waals surface area (Å²) in [5, 5.41) is 10.2. The molecule has 0 spiro atoms. The van der Waals surface area contributed by atoms with Crippen LogP contribution in [0, 0.1) is 12.7 Å². The van der Waals surface area contributed by atoms with Crippen LogP contribution in [-0.4, -0.2) is 40.2 Å². The first-order chi connectivity index (χ1) is 16.2. The lowest BCUT2D eigenvalue weighted by Crippen LogP contribution is -2.26. The van der Waals surface area contributed by atoms with Crippen LogP contribution in [0.15, 0.2) is 66.1 Å². The molecule has 0 fully saturated rings. The minimum absolute atomic E-state index is 0.0121. The van der Waals surface area contributed by atoms with E-state index in [1.165, 1.54) is 12.1 Å². The maximum atomic E-state index is 13.1. The van der Waals surface area contributed by atoms with Crippen molar-refractivity contribution in [2.75, 3.05) is 6.54 Å². The van der Waals surface area contributed by atoms with Gasteiger partial charge in [-0.05, 0) is 55.3 Å². The van der Waals surface area contributed by atoms with Gasteiger partial charge in [-0.3, -0.25) is 4.79 Å². The number of carboxylic acid groups (broad SMARTS) is 1. The number of hydrogen-bond donors (Lipinski definition) is 2. The van der Waals surface area contributed by atoms with Gasteiger partial charge >= 0.3 is 5.97 Å². The zero-order valence-corrected chi connectivity index (χ0v) is 19.4. The number of aliphatic carboxylic acids is 1.